The first-order chi connectivity index (χ1) is 8.20. The average Bonchev–Trinajstić information content (AvgIpc) is 2.30. The van der Waals surface area contributed by atoms with Gasteiger partial charge in [-0.3, -0.25) is 4.79 Å². The zero-order valence-electron chi connectivity index (χ0n) is 9.85. The van der Waals surface area contributed by atoms with Crippen molar-refractivity contribution in [1.29, 1.82) is 0 Å². The molecular weight excluding hydrogens is 222 g/mol. The molecule has 0 atom stereocenters. The van der Waals surface area contributed by atoms with Gasteiger partial charge in [0.2, 0.25) is 0 Å². The Balaban J connectivity index is 2.05. The van der Waals surface area contributed by atoms with Gasteiger partial charge in [-0.2, -0.15) is 0 Å². The number of nitrogens with two attached hydrogens (primary N) is 1. The Bertz CT molecular complexity index is 354. The molecule has 0 bridgehead atoms. The lowest BCUT2D eigenvalue weighted by Gasteiger charge is -2.08. The zero-order chi connectivity index (χ0) is 12.5. The Morgan fingerprint density at radius 2 is 1.88 bits per heavy atom. The second-order valence-electron chi connectivity index (χ2n) is 3.34. The summed E-state index contributed by atoms with van der Waals surface area (Å²) in [5.74, 6) is 0.345. The molecule has 1 aromatic rings. The van der Waals surface area contributed by atoms with E-state index in [1.165, 1.54) is 6.92 Å². The fraction of sp³-hybridized carbons (Fsp3) is 0.417. The van der Waals surface area contributed by atoms with Crippen molar-refractivity contribution in [1.82, 2.24) is 0 Å². The van der Waals surface area contributed by atoms with E-state index in [0.29, 0.717) is 31.3 Å². The van der Waals surface area contributed by atoms with Crippen LogP contribution in [0.15, 0.2) is 24.3 Å². The summed E-state index contributed by atoms with van der Waals surface area (Å²) in [6, 6.07) is 7.27. The molecular formula is C12H17NO4. The van der Waals surface area contributed by atoms with E-state index >= 15 is 0 Å². The van der Waals surface area contributed by atoms with Crippen LogP contribution in [0.1, 0.15) is 6.92 Å². The summed E-state index contributed by atoms with van der Waals surface area (Å²) in [5.41, 5.74) is 6.30. The van der Waals surface area contributed by atoms with Crippen molar-refractivity contribution in [2.75, 3.05) is 32.2 Å². The van der Waals surface area contributed by atoms with Crippen LogP contribution in [0.4, 0.5) is 5.69 Å². The van der Waals surface area contributed by atoms with Crippen molar-refractivity contribution in [3.8, 4) is 5.75 Å². The van der Waals surface area contributed by atoms with Crippen molar-refractivity contribution < 1.29 is 19.0 Å². The van der Waals surface area contributed by atoms with Gasteiger partial charge >= 0.3 is 5.97 Å². The van der Waals surface area contributed by atoms with Gasteiger partial charge in [-0.15, -0.1) is 0 Å². The number of nitrogen functional groups attached to an aromatic ring is 1. The highest BCUT2D eigenvalue weighted by Gasteiger charge is 1.98. The normalized spacial score (nSPS) is 9.94. The van der Waals surface area contributed by atoms with Crippen LogP contribution in [0.2, 0.25) is 0 Å². The monoisotopic (exact) mass is 239 g/mol. The number of esters is 1. The molecule has 0 aliphatic rings. The Kier molecular flexibility index (Phi) is 5.88. The fourth-order valence-electron chi connectivity index (χ4n) is 1.17. The number of hydrogen-bond donors (Lipinski definition) is 1. The Morgan fingerprint density at radius 1 is 1.18 bits per heavy atom. The maximum Gasteiger partial charge on any atom is 0.302 e. The molecule has 0 saturated heterocycles. The third-order valence-electron chi connectivity index (χ3n) is 1.94. The standard InChI is InChI=1S/C12H17NO4/c1-10(14)16-8-6-15-7-9-17-12-5-3-2-4-11(12)13/h2-5H,6-9,13H2,1H3. The van der Waals surface area contributed by atoms with Crippen LogP contribution >= 0.6 is 0 Å². The van der Waals surface area contributed by atoms with Gasteiger partial charge in [-0.1, -0.05) is 12.1 Å². The van der Waals surface area contributed by atoms with Crippen molar-refractivity contribution in [3.63, 3.8) is 0 Å². The highest BCUT2D eigenvalue weighted by atomic mass is 16.6. The minimum atomic E-state index is -0.304. The molecule has 0 aliphatic carbocycles. The highest BCUT2D eigenvalue weighted by Crippen LogP contribution is 2.19. The molecule has 5 nitrogen and oxygen atoms in total. The summed E-state index contributed by atoms with van der Waals surface area (Å²) in [6.07, 6.45) is 0. The molecule has 2 N–H and O–H groups in total. The molecule has 1 rings (SSSR count). The zero-order valence-corrected chi connectivity index (χ0v) is 9.85. The lowest BCUT2D eigenvalue weighted by Crippen LogP contribution is -2.12. The van der Waals surface area contributed by atoms with Crippen molar-refractivity contribution in [2.24, 2.45) is 0 Å². The molecule has 0 unspecified atom stereocenters. The number of ether oxygens (including phenoxy) is 3. The largest absolute Gasteiger partial charge is 0.489 e. The number of carbonyl (C=O) groups is 1. The maximum absolute atomic E-state index is 10.4. The second-order valence-corrected chi connectivity index (χ2v) is 3.34. The Labute approximate surface area is 100 Å². The Morgan fingerprint density at radius 3 is 2.59 bits per heavy atom. The molecule has 0 amide bonds. The van der Waals surface area contributed by atoms with Crippen LogP contribution in [0, 0.1) is 0 Å². The molecule has 94 valence electrons. The van der Waals surface area contributed by atoms with Crippen molar-refractivity contribution in [3.05, 3.63) is 24.3 Å². The average molecular weight is 239 g/mol. The molecule has 0 fully saturated rings. The second kappa shape index (κ2) is 7.51. The molecule has 0 saturated carbocycles. The maximum atomic E-state index is 10.4. The van der Waals surface area contributed by atoms with Crippen molar-refractivity contribution in [2.45, 2.75) is 6.92 Å². The van der Waals surface area contributed by atoms with Crippen LogP contribution in [0.3, 0.4) is 0 Å². The van der Waals surface area contributed by atoms with E-state index in [1.54, 1.807) is 12.1 Å². The van der Waals surface area contributed by atoms with Crippen LogP contribution < -0.4 is 10.5 Å². The predicted molar refractivity (Wildman–Crippen MR) is 63.8 cm³/mol. The summed E-state index contributed by atoms with van der Waals surface area (Å²) in [6.45, 7) is 2.83. The van der Waals surface area contributed by atoms with E-state index in [1.807, 2.05) is 12.1 Å². The molecule has 0 spiro atoms. The third kappa shape index (κ3) is 5.77. The first-order valence-corrected chi connectivity index (χ1v) is 5.38. The molecule has 0 aliphatic heterocycles. The first kappa shape index (κ1) is 13.3. The van der Waals surface area contributed by atoms with Gasteiger partial charge in [0.05, 0.1) is 18.9 Å². The van der Waals surface area contributed by atoms with Gasteiger partial charge in [0.25, 0.3) is 0 Å². The van der Waals surface area contributed by atoms with Crippen LogP contribution in [0.5, 0.6) is 5.75 Å². The van der Waals surface area contributed by atoms with Crippen molar-refractivity contribution >= 4 is 11.7 Å². The molecule has 0 heterocycles. The Hall–Kier alpha value is -1.75. The quantitative estimate of drug-likeness (QED) is 0.440. The summed E-state index contributed by atoms with van der Waals surface area (Å²) in [4.78, 5) is 10.4. The molecule has 0 radical (unpaired) electrons. The lowest BCUT2D eigenvalue weighted by molar-refractivity contribution is -0.142. The highest BCUT2D eigenvalue weighted by molar-refractivity contribution is 5.65. The molecule has 17 heavy (non-hydrogen) atoms. The summed E-state index contributed by atoms with van der Waals surface area (Å²) in [5, 5.41) is 0. The van der Waals surface area contributed by atoms with Gasteiger partial charge < -0.3 is 19.9 Å². The topological polar surface area (TPSA) is 70.8 Å². The third-order valence-corrected chi connectivity index (χ3v) is 1.94. The number of carbonyl (C=O) groups excluding carboxylic acids is 1. The summed E-state index contributed by atoms with van der Waals surface area (Å²) in [7, 11) is 0. The number of rotatable bonds is 7. The van der Waals surface area contributed by atoms with E-state index in [9.17, 15) is 4.79 Å². The van der Waals surface area contributed by atoms with Gasteiger partial charge in [0, 0.05) is 6.92 Å². The number of benzene rings is 1. The molecule has 1 aromatic carbocycles. The minimum Gasteiger partial charge on any atom is -0.489 e. The number of hydrogen-bond acceptors (Lipinski definition) is 5. The van der Waals surface area contributed by atoms with E-state index in [-0.39, 0.29) is 12.6 Å². The van der Waals surface area contributed by atoms with Gasteiger partial charge in [0.1, 0.15) is 19.0 Å². The predicted octanol–water partition coefficient (Wildman–Crippen LogP) is 1.23. The summed E-state index contributed by atoms with van der Waals surface area (Å²) >= 11 is 0. The van der Waals surface area contributed by atoms with E-state index in [2.05, 4.69) is 0 Å². The lowest BCUT2D eigenvalue weighted by atomic mass is 10.3. The van der Waals surface area contributed by atoms with Gasteiger partial charge in [-0.05, 0) is 12.1 Å². The van der Waals surface area contributed by atoms with Crippen LogP contribution in [-0.2, 0) is 14.3 Å². The minimum absolute atomic E-state index is 0.267. The van der Waals surface area contributed by atoms with Gasteiger partial charge in [-0.25, -0.2) is 0 Å². The van der Waals surface area contributed by atoms with Crippen LogP contribution in [-0.4, -0.2) is 32.4 Å². The van der Waals surface area contributed by atoms with E-state index < -0.39 is 0 Å². The van der Waals surface area contributed by atoms with E-state index in [4.69, 9.17) is 19.9 Å². The smallest absolute Gasteiger partial charge is 0.302 e. The first-order valence-electron chi connectivity index (χ1n) is 5.38. The van der Waals surface area contributed by atoms with E-state index in [0.717, 1.165) is 0 Å². The fourth-order valence-corrected chi connectivity index (χ4v) is 1.17. The van der Waals surface area contributed by atoms with Gasteiger partial charge in [0.15, 0.2) is 0 Å². The SMILES string of the molecule is CC(=O)OCCOCCOc1ccccc1N. The molecule has 0 aromatic heterocycles. The van der Waals surface area contributed by atoms with Crippen LogP contribution in [0.25, 0.3) is 0 Å². The number of anilines is 1. The molecule has 5 heteroatoms. The number of para-hydroxylation sites is 2. The summed E-state index contributed by atoms with van der Waals surface area (Å²) < 4.78 is 15.3.